The third kappa shape index (κ3) is 38.8. The molecule has 0 saturated carbocycles. The molecule has 0 aromatic rings. The van der Waals surface area contributed by atoms with Gasteiger partial charge in [0.25, 0.3) is 0 Å². The van der Waals surface area contributed by atoms with Gasteiger partial charge in [-0.25, -0.2) is 4.79 Å². The number of hydrogen-bond acceptors (Lipinski definition) is 9. The van der Waals surface area contributed by atoms with Crippen LogP contribution in [0.2, 0.25) is 0 Å². The molecule has 59 heavy (non-hydrogen) atoms. The van der Waals surface area contributed by atoms with Gasteiger partial charge < -0.3 is 28.7 Å². The smallest absolute Gasteiger partial charge is 0.466 e. The van der Waals surface area contributed by atoms with Crippen molar-refractivity contribution in [3.8, 4) is 0 Å². The highest BCUT2D eigenvalue weighted by atomic mass is 16.7. The van der Waals surface area contributed by atoms with Crippen LogP contribution in [0.5, 0.6) is 0 Å². The van der Waals surface area contributed by atoms with Crippen molar-refractivity contribution >= 4 is 18.1 Å². The molecule has 0 bridgehead atoms. The summed E-state index contributed by atoms with van der Waals surface area (Å²) < 4.78 is 22.7. The molecule has 9 heteroatoms. The molecule has 0 saturated heterocycles. The van der Waals surface area contributed by atoms with E-state index in [1.165, 1.54) is 89.9 Å². The molecular formula is C50H98N2O7. The van der Waals surface area contributed by atoms with E-state index in [4.69, 9.17) is 18.9 Å². The van der Waals surface area contributed by atoms with E-state index in [-0.39, 0.29) is 18.0 Å². The van der Waals surface area contributed by atoms with E-state index in [9.17, 15) is 14.4 Å². The molecule has 0 spiro atoms. The second-order valence-electron chi connectivity index (χ2n) is 17.2. The number of nitrogens with zero attached hydrogens (tertiary/aromatic N) is 2. The Hall–Kier alpha value is -1.87. The van der Waals surface area contributed by atoms with Gasteiger partial charge in [-0.05, 0) is 103 Å². The van der Waals surface area contributed by atoms with Crippen molar-refractivity contribution in [1.82, 2.24) is 9.80 Å². The lowest BCUT2D eigenvalue weighted by Gasteiger charge is -2.25. The summed E-state index contributed by atoms with van der Waals surface area (Å²) in [5.74, 6) is 0.279. The zero-order chi connectivity index (χ0) is 43.4. The fourth-order valence-corrected chi connectivity index (χ4v) is 7.86. The van der Waals surface area contributed by atoms with Gasteiger partial charge in [0.1, 0.15) is 6.10 Å². The highest BCUT2D eigenvalue weighted by Gasteiger charge is 2.18. The highest BCUT2D eigenvalue weighted by Crippen LogP contribution is 2.23. The fraction of sp³-hybridized carbons (Fsp3) is 0.940. The van der Waals surface area contributed by atoms with Crippen molar-refractivity contribution in [2.45, 2.75) is 240 Å². The van der Waals surface area contributed by atoms with Crippen LogP contribution in [-0.2, 0) is 28.5 Å². The zero-order valence-corrected chi connectivity index (χ0v) is 40.0. The molecule has 0 aliphatic carbocycles. The molecule has 0 aliphatic rings. The van der Waals surface area contributed by atoms with Crippen LogP contribution in [0.4, 0.5) is 4.79 Å². The lowest BCUT2D eigenvalue weighted by atomic mass is 9.91. The van der Waals surface area contributed by atoms with Gasteiger partial charge in [0, 0.05) is 25.9 Å². The molecule has 0 amide bonds. The Bertz CT molecular complexity index is 917. The minimum atomic E-state index is -0.590. The second-order valence-corrected chi connectivity index (χ2v) is 17.2. The van der Waals surface area contributed by atoms with Gasteiger partial charge in [0.15, 0.2) is 0 Å². The first-order chi connectivity index (χ1) is 28.8. The van der Waals surface area contributed by atoms with E-state index < -0.39 is 6.16 Å². The van der Waals surface area contributed by atoms with Crippen LogP contribution >= 0.6 is 0 Å². The predicted molar refractivity (Wildman–Crippen MR) is 247 cm³/mol. The third-order valence-corrected chi connectivity index (χ3v) is 11.8. The first-order valence-electron chi connectivity index (χ1n) is 25.4. The summed E-state index contributed by atoms with van der Waals surface area (Å²) in [7, 11) is 0. The number of ether oxygens (including phenoxy) is 4. The fourth-order valence-electron chi connectivity index (χ4n) is 7.86. The van der Waals surface area contributed by atoms with Crippen molar-refractivity contribution in [1.29, 1.82) is 0 Å². The van der Waals surface area contributed by atoms with E-state index in [0.29, 0.717) is 38.6 Å². The monoisotopic (exact) mass is 839 g/mol. The molecule has 0 radical (unpaired) electrons. The molecular weight excluding hydrogens is 741 g/mol. The maximum Gasteiger partial charge on any atom is 0.508 e. The minimum absolute atomic E-state index is 0.0354. The van der Waals surface area contributed by atoms with Crippen molar-refractivity contribution in [2.75, 3.05) is 59.1 Å². The first kappa shape index (κ1) is 57.1. The largest absolute Gasteiger partial charge is 0.508 e. The minimum Gasteiger partial charge on any atom is -0.466 e. The second kappa shape index (κ2) is 44.2. The van der Waals surface area contributed by atoms with E-state index in [2.05, 4.69) is 51.3 Å². The van der Waals surface area contributed by atoms with Crippen LogP contribution in [0.3, 0.4) is 0 Å². The van der Waals surface area contributed by atoms with Crippen molar-refractivity contribution in [3.05, 3.63) is 0 Å². The Morgan fingerprint density at radius 1 is 0.407 bits per heavy atom. The van der Waals surface area contributed by atoms with Gasteiger partial charge in [0.05, 0.1) is 19.8 Å². The normalized spacial score (nSPS) is 12.1. The Kier molecular flexibility index (Phi) is 42.8. The summed E-state index contributed by atoms with van der Waals surface area (Å²) in [6, 6.07) is 0. The molecule has 9 nitrogen and oxygen atoms in total. The van der Waals surface area contributed by atoms with E-state index in [1.54, 1.807) is 0 Å². The lowest BCUT2D eigenvalue weighted by Crippen LogP contribution is -2.32. The third-order valence-electron chi connectivity index (χ3n) is 11.8. The maximum atomic E-state index is 13.0. The quantitative estimate of drug-likeness (QED) is 0.0337. The zero-order valence-electron chi connectivity index (χ0n) is 40.0. The van der Waals surface area contributed by atoms with Crippen LogP contribution in [0.25, 0.3) is 0 Å². The van der Waals surface area contributed by atoms with E-state index in [1.807, 2.05) is 0 Å². The summed E-state index contributed by atoms with van der Waals surface area (Å²) in [6.45, 7) is 20.4. The molecule has 0 heterocycles. The summed E-state index contributed by atoms with van der Waals surface area (Å²) in [5.41, 5.74) is 0. The van der Waals surface area contributed by atoms with Gasteiger partial charge in [-0.1, -0.05) is 151 Å². The van der Waals surface area contributed by atoms with Gasteiger partial charge >= 0.3 is 18.1 Å². The number of hydrogen-bond donors (Lipinski definition) is 0. The van der Waals surface area contributed by atoms with Gasteiger partial charge in [-0.2, -0.15) is 0 Å². The topological polar surface area (TPSA) is 94.6 Å². The standard InChI is InChI=1S/C50H98N2O7/c1-7-13-17-21-24-33-46(34-25-22-18-14-8-2)45-49(54)57-43-31-40-52(39-30-38-51(11-5)12-6)41-32-44-58-50(55)59-47(35-26-20-16-10-4)36-27-28-37-48(53)56-42-29-23-19-15-9-3/h46-47H,7-45H2,1-6H3. The van der Waals surface area contributed by atoms with Crippen LogP contribution in [-0.4, -0.2) is 93.1 Å². The summed E-state index contributed by atoms with van der Waals surface area (Å²) >= 11 is 0. The average molecular weight is 839 g/mol. The van der Waals surface area contributed by atoms with Crippen LogP contribution in [0.1, 0.15) is 234 Å². The predicted octanol–water partition coefficient (Wildman–Crippen LogP) is 13.6. The van der Waals surface area contributed by atoms with Crippen molar-refractivity contribution < 1.29 is 33.3 Å². The average Bonchev–Trinajstić information content (AvgIpc) is 3.23. The molecule has 350 valence electrons. The molecule has 0 rings (SSSR count). The van der Waals surface area contributed by atoms with E-state index in [0.717, 1.165) is 129 Å². The molecule has 1 atom stereocenters. The van der Waals surface area contributed by atoms with Crippen LogP contribution in [0, 0.1) is 5.92 Å². The molecule has 0 fully saturated rings. The number of esters is 2. The SMILES string of the molecule is CCCCCCCOC(=O)CCCCC(CCCCCC)OC(=O)OCCCN(CCCOC(=O)CC(CCCCCCC)CCCCCCC)CCCN(CC)CC. The Balaban J connectivity index is 4.86. The molecule has 0 N–H and O–H groups in total. The Labute approximate surface area is 365 Å². The summed E-state index contributed by atoms with van der Waals surface area (Å²) in [6.07, 6.45) is 31.0. The maximum absolute atomic E-state index is 13.0. The van der Waals surface area contributed by atoms with E-state index >= 15 is 0 Å². The number of unbranched alkanes of at least 4 members (excludes halogenated alkanes) is 16. The van der Waals surface area contributed by atoms with Gasteiger partial charge in [-0.15, -0.1) is 0 Å². The van der Waals surface area contributed by atoms with Gasteiger partial charge in [0.2, 0.25) is 0 Å². The lowest BCUT2D eigenvalue weighted by molar-refractivity contribution is -0.145. The van der Waals surface area contributed by atoms with Gasteiger partial charge in [-0.3, -0.25) is 9.59 Å². The molecule has 0 aromatic heterocycles. The molecule has 0 aromatic carbocycles. The first-order valence-corrected chi connectivity index (χ1v) is 25.4. The van der Waals surface area contributed by atoms with Crippen LogP contribution < -0.4 is 0 Å². The summed E-state index contributed by atoms with van der Waals surface area (Å²) in [5, 5.41) is 0. The van der Waals surface area contributed by atoms with Crippen molar-refractivity contribution in [2.24, 2.45) is 5.92 Å². The number of carbonyl (C=O) groups excluding carboxylic acids is 3. The highest BCUT2D eigenvalue weighted by molar-refractivity contribution is 5.69. The molecule has 0 aliphatic heterocycles. The Morgan fingerprint density at radius 3 is 1.39 bits per heavy atom. The Morgan fingerprint density at radius 2 is 0.831 bits per heavy atom. The molecule has 1 unspecified atom stereocenters. The number of carbonyl (C=O) groups is 3. The summed E-state index contributed by atoms with van der Waals surface area (Å²) in [4.78, 5) is 42.9. The van der Waals surface area contributed by atoms with Crippen LogP contribution in [0.15, 0.2) is 0 Å². The van der Waals surface area contributed by atoms with Crippen molar-refractivity contribution in [3.63, 3.8) is 0 Å². The number of rotatable bonds is 45.